The van der Waals surface area contributed by atoms with Crippen LogP contribution in [-0.4, -0.2) is 77.3 Å². The van der Waals surface area contributed by atoms with Crippen LogP contribution in [0.5, 0.6) is 0 Å². The Balaban J connectivity index is 1.14. The largest absolute Gasteiger partial charge is 0.343 e. The summed E-state index contributed by atoms with van der Waals surface area (Å²) in [5.74, 6) is 0.0342. The molecule has 1 amide bonds. The average Bonchev–Trinajstić information content (AvgIpc) is 3.31. The van der Waals surface area contributed by atoms with Gasteiger partial charge in [0.25, 0.3) is 5.91 Å². The van der Waals surface area contributed by atoms with Crippen LogP contribution in [0, 0.1) is 0 Å². The van der Waals surface area contributed by atoms with Gasteiger partial charge in [-0.2, -0.15) is 0 Å². The molecule has 2 aromatic carbocycles. The molecule has 1 fully saturated rings. The van der Waals surface area contributed by atoms with E-state index in [1.54, 1.807) is 11.9 Å². The zero-order chi connectivity index (χ0) is 24.9. The summed E-state index contributed by atoms with van der Waals surface area (Å²) in [4.78, 5) is 32.0. The van der Waals surface area contributed by atoms with Gasteiger partial charge in [-0.25, -0.2) is 0 Å². The van der Waals surface area contributed by atoms with Crippen LogP contribution < -0.4 is 0 Å². The Labute approximate surface area is 214 Å². The Morgan fingerprint density at radius 1 is 0.750 bits per heavy atom. The van der Waals surface area contributed by atoms with Crippen molar-refractivity contribution in [2.45, 2.75) is 31.8 Å². The Morgan fingerprint density at radius 3 is 2.00 bits per heavy atom. The van der Waals surface area contributed by atoms with Gasteiger partial charge in [-0.05, 0) is 36.6 Å². The Morgan fingerprint density at radius 2 is 1.36 bits per heavy atom. The van der Waals surface area contributed by atoms with Gasteiger partial charge in [0.05, 0.1) is 6.04 Å². The second-order valence-electron chi connectivity index (χ2n) is 9.98. The number of fused-ring (bicyclic) bond motifs is 1. The lowest BCUT2D eigenvalue weighted by molar-refractivity contribution is 0.0787. The second-order valence-corrected chi connectivity index (χ2v) is 9.98. The van der Waals surface area contributed by atoms with E-state index in [0.717, 1.165) is 52.1 Å². The van der Waals surface area contributed by atoms with Crippen LogP contribution in [-0.2, 0) is 6.54 Å². The maximum atomic E-state index is 12.8. The number of aryl methyl sites for hydroxylation is 1. The van der Waals surface area contributed by atoms with Crippen molar-refractivity contribution in [1.82, 2.24) is 19.3 Å². The monoisotopic (exact) mass is 484 g/mol. The van der Waals surface area contributed by atoms with Crippen molar-refractivity contribution in [3.8, 4) is 0 Å². The van der Waals surface area contributed by atoms with E-state index in [0.29, 0.717) is 24.2 Å². The summed E-state index contributed by atoms with van der Waals surface area (Å²) in [5.41, 5.74) is 3.86. The molecule has 0 unspecified atom stereocenters. The number of unbranched alkanes of at least 4 members (excludes halogenated alkanes) is 1. The van der Waals surface area contributed by atoms with Gasteiger partial charge in [0.2, 0.25) is 0 Å². The number of aromatic nitrogens is 1. The Bertz CT molecular complexity index is 1130. The number of benzene rings is 2. The number of ketones is 1. The van der Waals surface area contributed by atoms with Crippen molar-refractivity contribution < 1.29 is 9.59 Å². The molecule has 1 saturated heterocycles. The van der Waals surface area contributed by atoms with Gasteiger partial charge in [-0.1, -0.05) is 60.7 Å². The first-order valence-electron chi connectivity index (χ1n) is 13.2. The van der Waals surface area contributed by atoms with E-state index in [9.17, 15) is 9.59 Å². The summed E-state index contributed by atoms with van der Waals surface area (Å²) in [6.45, 7) is 6.54. The molecule has 0 N–H and O–H groups in total. The normalized spacial score (nSPS) is 17.4. The summed E-state index contributed by atoms with van der Waals surface area (Å²) in [6.07, 6.45) is 4.38. The fraction of sp³-hybridized carbons (Fsp3) is 0.400. The van der Waals surface area contributed by atoms with E-state index in [2.05, 4.69) is 70.5 Å². The number of nitrogens with zero attached hydrogens (tertiary/aromatic N) is 4. The van der Waals surface area contributed by atoms with Gasteiger partial charge in [0.15, 0.2) is 5.78 Å². The molecule has 2 aliphatic rings. The Kier molecular flexibility index (Phi) is 7.63. The molecule has 0 spiro atoms. The van der Waals surface area contributed by atoms with Crippen LogP contribution in [0.2, 0.25) is 0 Å². The summed E-state index contributed by atoms with van der Waals surface area (Å²) in [7, 11) is 1.78. The summed E-state index contributed by atoms with van der Waals surface area (Å²) in [6, 6.07) is 23.8. The molecule has 0 radical (unpaired) electrons. The van der Waals surface area contributed by atoms with Crippen LogP contribution in [0.1, 0.15) is 57.3 Å². The highest BCUT2D eigenvalue weighted by Crippen LogP contribution is 2.29. The smallest absolute Gasteiger partial charge is 0.270 e. The van der Waals surface area contributed by atoms with Gasteiger partial charge >= 0.3 is 0 Å². The predicted molar refractivity (Wildman–Crippen MR) is 142 cm³/mol. The number of rotatable bonds is 8. The molecule has 0 aliphatic carbocycles. The topological polar surface area (TPSA) is 48.8 Å². The zero-order valence-electron chi connectivity index (χ0n) is 21.2. The van der Waals surface area contributed by atoms with E-state index in [-0.39, 0.29) is 17.7 Å². The highest BCUT2D eigenvalue weighted by molar-refractivity contribution is 6.08. The predicted octanol–water partition coefficient (Wildman–Crippen LogP) is 4.33. The molecule has 2 aliphatic heterocycles. The van der Waals surface area contributed by atoms with Gasteiger partial charge in [-0.3, -0.25) is 14.5 Å². The molecule has 0 saturated carbocycles. The first-order chi connectivity index (χ1) is 17.6. The molecule has 3 aromatic rings. The maximum Gasteiger partial charge on any atom is 0.270 e. The van der Waals surface area contributed by atoms with E-state index in [4.69, 9.17) is 0 Å². The second kappa shape index (κ2) is 11.2. The lowest BCUT2D eigenvalue weighted by Crippen LogP contribution is -2.48. The van der Waals surface area contributed by atoms with Crippen LogP contribution in [0.3, 0.4) is 0 Å². The van der Waals surface area contributed by atoms with E-state index in [1.165, 1.54) is 11.1 Å². The van der Waals surface area contributed by atoms with Crippen molar-refractivity contribution >= 4 is 11.7 Å². The molecule has 36 heavy (non-hydrogen) atoms. The molecule has 6 heteroatoms. The minimum absolute atomic E-state index is 0.0386. The van der Waals surface area contributed by atoms with E-state index in [1.807, 2.05) is 16.8 Å². The summed E-state index contributed by atoms with van der Waals surface area (Å²) in [5, 5.41) is 0. The van der Waals surface area contributed by atoms with Crippen LogP contribution in [0.15, 0.2) is 72.9 Å². The molecule has 0 atom stereocenters. The highest BCUT2D eigenvalue weighted by Gasteiger charge is 2.28. The molecule has 188 valence electrons. The van der Waals surface area contributed by atoms with Crippen molar-refractivity contribution in [3.63, 3.8) is 0 Å². The molecule has 5 rings (SSSR count). The minimum Gasteiger partial charge on any atom is -0.343 e. The first-order valence-corrected chi connectivity index (χ1v) is 13.2. The quantitative estimate of drug-likeness (QED) is 0.447. The number of amides is 1. The van der Waals surface area contributed by atoms with E-state index < -0.39 is 0 Å². The van der Waals surface area contributed by atoms with Gasteiger partial charge in [-0.15, -0.1) is 0 Å². The Hall–Kier alpha value is -3.22. The fourth-order valence-electron chi connectivity index (χ4n) is 5.56. The average molecular weight is 485 g/mol. The van der Waals surface area contributed by atoms with Crippen LogP contribution in [0.25, 0.3) is 0 Å². The van der Waals surface area contributed by atoms with E-state index >= 15 is 0 Å². The van der Waals surface area contributed by atoms with Gasteiger partial charge < -0.3 is 14.4 Å². The fourth-order valence-corrected chi connectivity index (χ4v) is 5.56. The third-order valence-electron chi connectivity index (χ3n) is 7.61. The van der Waals surface area contributed by atoms with Gasteiger partial charge in [0.1, 0.15) is 5.69 Å². The standard InChI is InChI=1S/C30H36N4O2/c1-31-18-15-27(35)26-14-19-33(29(26)30(31)36)17-9-8-16-32-20-22-34(23-21-32)28(24-10-4-2-5-11-24)25-12-6-3-7-13-25/h2-7,10-14,19,28H,8-9,15-18,20-23H2,1H3. The number of piperazine rings is 1. The molecular formula is C30H36N4O2. The number of hydrogen-bond donors (Lipinski definition) is 0. The molecular weight excluding hydrogens is 448 g/mol. The third kappa shape index (κ3) is 5.30. The van der Waals surface area contributed by atoms with Crippen molar-refractivity contribution in [1.29, 1.82) is 0 Å². The van der Waals surface area contributed by atoms with Gasteiger partial charge in [0, 0.05) is 64.5 Å². The van der Waals surface area contributed by atoms with Crippen LogP contribution >= 0.6 is 0 Å². The summed E-state index contributed by atoms with van der Waals surface area (Å²) < 4.78 is 1.99. The third-order valence-corrected chi connectivity index (χ3v) is 7.61. The number of hydrogen-bond acceptors (Lipinski definition) is 4. The lowest BCUT2D eigenvalue weighted by Gasteiger charge is -2.40. The lowest BCUT2D eigenvalue weighted by atomic mass is 9.96. The molecule has 0 bridgehead atoms. The summed E-state index contributed by atoms with van der Waals surface area (Å²) >= 11 is 0. The number of Topliss-reactive ketones (excluding diaryl/α,β-unsaturated/α-hetero) is 1. The minimum atomic E-state index is -0.0386. The zero-order valence-corrected chi connectivity index (χ0v) is 21.2. The molecule has 3 heterocycles. The van der Waals surface area contributed by atoms with Crippen LogP contribution in [0.4, 0.5) is 0 Å². The maximum absolute atomic E-state index is 12.8. The highest BCUT2D eigenvalue weighted by atomic mass is 16.2. The molecule has 1 aromatic heterocycles. The van der Waals surface area contributed by atoms with Crippen molar-refractivity contribution in [2.24, 2.45) is 0 Å². The number of carbonyl (C=O) groups is 2. The SMILES string of the molecule is CN1CCC(=O)c2ccn(CCCCN3CCN(C(c4ccccc4)c4ccccc4)CC3)c2C1=O. The van der Waals surface area contributed by atoms with Crippen molar-refractivity contribution in [2.75, 3.05) is 46.3 Å². The number of carbonyl (C=O) groups excluding carboxylic acids is 2. The first kappa shape index (κ1) is 24.5. The molecule has 6 nitrogen and oxygen atoms in total. The van der Waals surface area contributed by atoms with Crippen molar-refractivity contribution in [3.05, 3.63) is 95.3 Å².